The van der Waals surface area contributed by atoms with Gasteiger partial charge in [-0.2, -0.15) is 0 Å². The molecule has 6 heteroatoms. The Balaban J connectivity index is 1.62. The molecule has 2 aromatic carbocycles. The van der Waals surface area contributed by atoms with E-state index >= 15 is 0 Å². The second-order valence-corrected chi connectivity index (χ2v) is 6.60. The summed E-state index contributed by atoms with van der Waals surface area (Å²) in [5, 5.41) is 5.07. The summed E-state index contributed by atoms with van der Waals surface area (Å²) in [5.41, 5.74) is 0.785. The van der Waals surface area contributed by atoms with E-state index in [1.807, 2.05) is 49.4 Å². The summed E-state index contributed by atoms with van der Waals surface area (Å²) in [6.07, 6.45) is 0. The number of carbonyl (C=O) groups is 2. The Morgan fingerprint density at radius 3 is 2.62 bits per heavy atom. The minimum Gasteiger partial charge on any atom is -0.378 e. The van der Waals surface area contributed by atoms with Crippen LogP contribution in [-0.4, -0.2) is 67.6 Å². The number of rotatable bonds is 5. The molecule has 1 aliphatic rings. The van der Waals surface area contributed by atoms with Crippen molar-refractivity contribution in [3.63, 3.8) is 0 Å². The Morgan fingerprint density at radius 2 is 1.85 bits per heavy atom. The molecule has 1 fully saturated rings. The van der Waals surface area contributed by atoms with Crippen molar-refractivity contribution in [1.29, 1.82) is 0 Å². The number of carbonyl (C=O) groups excluding carboxylic acids is 2. The molecule has 1 atom stereocenters. The summed E-state index contributed by atoms with van der Waals surface area (Å²) in [6, 6.07) is 13.3. The van der Waals surface area contributed by atoms with Gasteiger partial charge in [0.05, 0.1) is 25.8 Å². The van der Waals surface area contributed by atoms with E-state index in [4.69, 9.17) is 4.74 Å². The zero-order chi connectivity index (χ0) is 18.5. The summed E-state index contributed by atoms with van der Waals surface area (Å²) in [4.78, 5) is 28.6. The molecule has 0 unspecified atom stereocenters. The monoisotopic (exact) mass is 355 g/mol. The summed E-state index contributed by atoms with van der Waals surface area (Å²) in [5.74, 6) is -0.0979. The number of fused-ring (bicyclic) bond motifs is 1. The molecule has 0 radical (unpaired) electrons. The van der Waals surface area contributed by atoms with E-state index in [1.165, 1.54) is 0 Å². The van der Waals surface area contributed by atoms with Crippen LogP contribution in [0.5, 0.6) is 0 Å². The normalized spacial score (nSPS) is 15.9. The average molecular weight is 355 g/mol. The number of hydrogen-bond donors (Lipinski definition) is 1. The lowest BCUT2D eigenvalue weighted by atomic mass is 10.1. The quantitative estimate of drug-likeness (QED) is 0.891. The highest BCUT2D eigenvalue weighted by atomic mass is 16.5. The SMILES string of the molecule is C[C@H](C(=O)Nc1cccc2ccccc12)N(C)CC(=O)N1CCOCC1. The fraction of sp³-hybridized carbons (Fsp3) is 0.400. The highest BCUT2D eigenvalue weighted by molar-refractivity contribution is 6.03. The Kier molecular flexibility index (Phi) is 5.85. The van der Waals surface area contributed by atoms with Crippen LogP contribution in [0.1, 0.15) is 6.92 Å². The van der Waals surface area contributed by atoms with E-state index in [0.29, 0.717) is 26.3 Å². The van der Waals surface area contributed by atoms with E-state index in [-0.39, 0.29) is 18.4 Å². The van der Waals surface area contributed by atoms with E-state index in [0.717, 1.165) is 16.5 Å². The Morgan fingerprint density at radius 1 is 1.15 bits per heavy atom. The van der Waals surface area contributed by atoms with Gasteiger partial charge in [-0.15, -0.1) is 0 Å². The maximum atomic E-state index is 12.7. The third kappa shape index (κ3) is 4.20. The largest absolute Gasteiger partial charge is 0.378 e. The standard InChI is InChI=1S/C20H25N3O3/c1-15(22(2)14-19(24)23-10-12-26-13-11-23)20(25)21-18-9-5-7-16-6-3-4-8-17(16)18/h3-9,15H,10-14H2,1-2H3,(H,21,25)/t15-/m1/s1. The van der Waals surface area contributed by atoms with Crippen LogP contribution in [0.3, 0.4) is 0 Å². The van der Waals surface area contributed by atoms with Crippen molar-refractivity contribution in [1.82, 2.24) is 9.80 Å². The lowest BCUT2D eigenvalue weighted by molar-refractivity contribution is -0.137. The van der Waals surface area contributed by atoms with Crippen molar-refractivity contribution < 1.29 is 14.3 Å². The third-order valence-corrected chi connectivity index (χ3v) is 4.84. The number of nitrogens with one attached hydrogen (secondary N) is 1. The first-order valence-corrected chi connectivity index (χ1v) is 8.90. The second kappa shape index (κ2) is 8.29. The number of hydrogen-bond acceptors (Lipinski definition) is 4. The molecule has 0 aromatic heterocycles. The van der Waals surface area contributed by atoms with Crippen LogP contribution in [0.15, 0.2) is 42.5 Å². The molecular weight excluding hydrogens is 330 g/mol. The van der Waals surface area contributed by atoms with Crippen molar-refractivity contribution in [2.24, 2.45) is 0 Å². The van der Waals surface area contributed by atoms with Crippen molar-refractivity contribution >= 4 is 28.3 Å². The summed E-state index contributed by atoms with van der Waals surface area (Å²) < 4.78 is 5.27. The molecule has 138 valence electrons. The molecule has 2 aromatic rings. The Labute approximate surface area is 153 Å². The number of anilines is 1. The second-order valence-electron chi connectivity index (χ2n) is 6.60. The molecular formula is C20H25N3O3. The summed E-state index contributed by atoms with van der Waals surface area (Å²) in [7, 11) is 1.80. The number of nitrogens with zero attached hydrogens (tertiary/aromatic N) is 2. The minimum absolute atomic E-state index is 0.0283. The number of amides is 2. The minimum atomic E-state index is -0.418. The Bertz CT molecular complexity index is 781. The molecule has 1 saturated heterocycles. The van der Waals surface area contributed by atoms with Gasteiger partial charge in [0.25, 0.3) is 0 Å². The van der Waals surface area contributed by atoms with Crippen LogP contribution in [0.2, 0.25) is 0 Å². The highest BCUT2D eigenvalue weighted by Gasteiger charge is 2.24. The Hall–Kier alpha value is -2.44. The van der Waals surface area contributed by atoms with Gasteiger partial charge in [0.1, 0.15) is 0 Å². The van der Waals surface area contributed by atoms with Gasteiger partial charge in [0, 0.05) is 24.2 Å². The molecule has 3 rings (SSSR count). The maximum Gasteiger partial charge on any atom is 0.241 e. The van der Waals surface area contributed by atoms with Gasteiger partial charge in [-0.3, -0.25) is 14.5 Å². The van der Waals surface area contributed by atoms with Crippen LogP contribution in [0.25, 0.3) is 10.8 Å². The third-order valence-electron chi connectivity index (χ3n) is 4.84. The highest BCUT2D eigenvalue weighted by Crippen LogP contribution is 2.23. The number of benzene rings is 2. The lowest BCUT2D eigenvalue weighted by Gasteiger charge is -2.30. The molecule has 0 spiro atoms. The molecule has 0 saturated carbocycles. The van der Waals surface area contributed by atoms with E-state index in [2.05, 4.69) is 5.32 Å². The van der Waals surface area contributed by atoms with Gasteiger partial charge >= 0.3 is 0 Å². The van der Waals surface area contributed by atoms with Crippen LogP contribution in [0.4, 0.5) is 5.69 Å². The smallest absolute Gasteiger partial charge is 0.241 e. The summed E-state index contributed by atoms with van der Waals surface area (Å²) in [6.45, 7) is 4.41. The zero-order valence-corrected chi connectivity index (χ0v) is 15.3. The van der Waals surface area contributed by atoms with Gasteiger partial charge in [0.15, 0.2) is 0 Å². The van der Waals surface area contributed by atoms with Crippen molar-refractivity contribution in [2.45, 2.75) is 13.0 Å². The van der Waals surface area contributed by atoms with E-state index < -0.39 is 6.04 Å². The molecule has 2 amide bonds. The molecule has 1 N–H and O–H groups in total. The first kappa shape index (κ1) is 18.4. The maximum absolute atomic E-state index is 12.7. The van der Waals surface area contributed by atoms with Crippen LogP contribution >= 0.6 is 0 Å². The van der Waals surface area contributed by atoms with Gasteiger partial charge in [-0.05, 0) is 25.4 Å². The zero-order valence-electron chi connectivity index (χ0n) is 15.3. The van der Waals surface area contributed by atoms with Crippen LogP contribution < -0.4 is 5.32 Å². The molecule has 0 aliphatic carbocycles. The molecule has 0 bridgehead atoms. The first-order chi connectivity index (χ1) is 12.6. The van der Waals surface area contributed by atoms with Gasteiger partial charge in [-0.1, -0.05) is 36.4 Å². The van der Waals surface area contributed by atoms with Crippen molar-refractivity contribution in [3.8, 4) is 0 Å². The topological polar surface area (TPSA) is 61.9 Å². The molecule has 1 aliphatic heterocycles. The van der Waals surface area contributed by atoms with Crippen molar-refractivity contribution in [3.05, 3.63) is 42.5 Å². The van der Waals surface area contributed by atoms with Crippen LogP contribution in [0, 0.1) is 0 Å². The predicted octanol–water partition coefficient (Wildman–Crippen LogP) is 1.96. The lowest BCUT2D eigenvalue weighted by Crippen LogP contribution is -2.48. The fourth-order valence-corrected chi connectivity index (χ4v) is 3.03. The van der Waals surface area contributed by atoms with Crippen molar-refractivity contribution in [2.75, 3.05) is 45.2 Å². The summed E-state index contributed by atoms with van der Waals surface area (Å²) >= 11 is 0. The number of ether oxygens (including phenoxy) is 1. The molecule has 6 nitrogen and oxygen atoms in total. The molecule has 1 heterocycles. The predicted molar refractivity (Wildman–Crippen MR) is 102 cm³/mol. The number of morpholine rings is 1. The van der Waals surface area contributed by atoms with Gasteiger partial charge < -0.3 is 15.0 Å². The van der Waals surface area contributed by atoms with Crippen LogP contribution in [-0.2, 0) is 14.3 Å². The average Bonchev–Trinajstić information content (AvgIpc) is 2.68. The van der Waals surface area contributed by atoms with E-state index in [9.17, 15) is 9.59 Å². The first-order valence-electron chi connectivity index (χ1n) is 8.90. The number of likely N-dealkylation sites (N-methyl/N-ethyl adjacent to an activating group) is 1. The molecule has 26 heavy (non-hydrogen) atoms. The van der Waals surface area contributed by atoms with E-state index in [1.54, 1.807) is 16.8 Å². The van der Waals surface area contributed by atoms with Gasteiger partial charge in [0.2, 0.25) is 11.8 Å². The van der Waals surface area contributed by atoms with Gasteiger partial charge in [-0.25, -0.2) is 0 Å². The fourth-order valence-electron chi connectivity index (χ4n) is 3.03.